The highest BCUT2D eigenvalue weighted by Crippen LogP contribution is 2.28. The van der Waals surface area contributed by atoms with Crippen LogP contribution in [0, 0.1) is 11.3 Å². The number of hydrogen-bond acceptors (Lipinski definition) is 5. The Morgan fingerprint density at radius 2 is 1.91 bits per heavy atom. The van der Waals surface area contributed by atoms with Crippen molar-refractivity contribution < 1.29 is 23.6 Å². The molecular weight excluding hydrogens is 441 g/mol. The molecule has 0 spiro atoms. The average Bonchev–Trinajstić information content (AvgIpc) is 3.13. The average molecular weight is 468 g/mol. The maximum Gasteiger partial charge on any atom is 0.291 e. The molecule has 0 aliphatic carbocycles. The predicted molar refractivity (Wildman–Crippen MR) is 117 cm³/mol. The number of fused-ring (bicyclic) bond motifs is 1. The van der Waals surface area contributed by atoms with Gasteiger partial charge in [0.1, 0.15) is 0 Å². The number of carbonyl (C=O) groups excluding carboxylic acids is 4. The lowest BCUT2D eigenvalue weighted by molar-refractivity contribution is -0.145. The Hall–Kier alpha value is -3.01. The Balaban J connectivity index is 2.21. The molecule has 1 heterocycles. The molecule has 0 fully saturated rings. The fourth-order valence-corrected chi connectivity index (χ4v) is 3.31. The monoisotopic (exact) mass is 467 g/mol. The number of benzene rings is 1. The Kier molecular flexibility index (Phi) is 8.31. The van der Waals surface area contributed by atoms with Gasteiger partial charge < -0.3 is 10.7 Å². The zero-order valence-electron chi connectivity index (χ0n) is 18.2. The third-order valence-corrected chi connectivity index (χ3v) is 4.78. The number of halogens is 2. The number of aromatic amines is 1. The van der Waals surface area contributed by atoms with Gasteiger partial charge in [-0.2, -0.15) is 0 Å². The second kappa shape index (κ2) is 10.5. The normalized spacial score (nSPS) is 13.4. The van der Waals surface area contributed by atoms with Gasteiger partial charge in [0.15, 0.2) is 11.6 Å². The molecule has 0 saturated heterocycles. The zero-order chi connectivity index (χ0) is 24.1. The Morgan fingerprint density at radius 1 is 1.25 bits per heavy atom. The van der Waals surface area contributed by atoms with Gasteiger partial charge in [0.25, 0.3) is 11.5 Å². The number of nitrogens with zero attached hydrogens (tertiary/aromatic N) is 2. The summed E-state index contributed by atoms with van der Waals surface area (Å²) in [5, 5.41) is 0.617. The smallest absolute Gasteiger partial charge is 0.291 e. The minimum atomic E-state index is -2.42. The predicted octanol–water partition coefficient (Wildman–Crippen LogP) is 2.46. The number of alkyl halides is 2. The van der Waals surface area contributed by atoms with E-state index in [2.05, 4.69) is 15.4 Å². The lowest BCUT2D eigenvalue weighted by Crippen LogP contribution is -2.51. The van der Waals surface area contributed by atoms with Crippen LogP contribution in [0.25, 0.3) is 11.0 Å². The quantitative estimate of drug-likeness (QED) is 0.295. The van der Waals surface area contributed by atoms with E-state index in [9.17, 15) is 23.6 Å². The van der Waals surface area contributed by atoms with E-state index in [1.54, 1.807) is 24.3 Å². The number of nitrogens with two attached hydrogens (primary N) is 1. The van der Waals surface area contributed by atoms with E-state index in [4.69, 9.17) is 17.3 Å². The van der Waals surface area contributed by atoms with Gasteiger partial charge in [0.2, 0.25) is 11.8 Å². The van der Waals surface area contributed by atoms with Crippen molar-refractivity contribution in [3.8, 4) is 0 Å². The number of aromatic nitrogens is 2. The van der Waals surface area contributed by atoms with Gasteiger partial charge in [-0.1, -0.05) is 44.5 Å². The molecule has 2 atom stereocenters. The van der Waals surface area contributed by atoms with Gasteiger partial charge in [0, 0.05) is 18.8 Å². The summed E-state index contributed by atoms with van der Waals surface area (Å²) >= 11 is 5.22. The number of Topliss-reactive ketones (excluding diaryl/α,β-unsaturated/α-hetero) is 1. The second-order valence-electron chi connectivity index (χ2n) is 8.67. The van der Waals surface area contributed by atoms with Crippen molar-refractivity contribution in [1.82, 2.24) is 20.4 Å². The molecule has 0 radical (unpaired) electrons. The van der Waals surface area contributed by atoms with E-state index in [1.807, 2.05) is 20.8 Å². The van der Waals surface area contributed by atoms with Crippen LogP contribution in [0.4, 0.5) is 4.39 Å². The zero-order valence-corrected chi connectivity index (χ0v) is 18.9. The van der Waals surface area contributed by atoms with Crippen molar-refractivity contribution in [2.24, 2.45) is 17.1 Å². The number of carbonyl (C=O) groups is 4. The van der Waals surface area contributed by atoms with Crippen LogP contribution in [0.2, 0.25) is 0 Å². The SMILES string of the molecule is CC(C)(C)C[C@H](CC(=O)c1nc2ccccc2[nH]1)C(=O)NN(CCC(N)=O)C(=O)C(F)Cl. The number of hydrogen-bond donors (Lipinski definition) is 3. The van der Waals surface area contributed by atoms with E-state index in [1.165, 1.54) is 0 Å². The fourth-order valence-electron chi connectivity index (χ4n) is 3.19. The molecule has 0 aliphatic rings. The summed E-state index contributed by atoms with van der Waals surface area (Å²) in [5.41, 5.74) is 5.92. The van der Waals surface area contributed by atoms with E-state index in [-0.39, 0.29) is 36.4 Å². The van der Waals surface area contributed by atoms with Crippen LogP contribution < -0.4 is 11.2 Å². The summed E-state index contributed by atoms with van der Waals surface area (Å²) in [5.74, 6) is -3.79. The highest BCUT2D eigenvalue weighted by Gasteiger charge is 2.31. The summed E-state index contributed by atoms with van der Waals surface area (Å²) in [6.45, 7) is 5.33. The number of imidazole rings is 1. The molecule has 32 heavy (non-hydrogen) atoms. The summed E-state index contributed by atoms with van der Waals surface area (Å²) < 4.78 is 13.4. The number of nitrogens with one attached hydrogen (secondary N) is 2. The van der Waals surface area contributed by atoms with Crippen molar-refractivity contribution in [1.29, 1.82) is 0 Å². The van der Waals surface area contributed by atoms with Crippen LogP contribution in [0.1, 0.15) is 50.7 Å². The van der Waals surface area contributed by atoms with Crippen molar-refractivity contribution in [2.75, 3.05) is 6.54 Å². The molecule has 4 N–H and O–H groups in total. The largest absolute Gasteiger partial charge is 0.370 e. The Labute approximate surface area is 189 Å². The van der Waals surface area contributed by atoms with Crippen molar-refractivity contribution in [3.63, 3.8) is 0 Å². The van der Waals surface area contributed by atoms with Crippen molar-refractivity contribution in [3.05, 3.63) is 30.1 Å². The molecule has 0 bridgehead atoms. The number of para-hydroxylation sites is 2. The molecule has 1 aromatic heterocycles. The molecular formula is C21H27ClFN5O4. The van der Waals surface area contributed by atoms with Gasteiger partial charge in [-0.3, -0.25) is 24.6 Å². The van der Waals surface area contributed by atoms with Crippen LogP contribution in [0.3, 0.4) is 0 Å². The lowest BCUT2D eigenvalue weighted by Gasteiger charge is -2.28. The van der Waals surface area contributed by atoms with Crippen LogP contribution in [-0.4, -0.2) is 50.7 Å². The topological polar surface area (TPSA) is 138 Å². The van der Waals surface area contributed by atoms with Crippen LogP contribution in [-0.2, 0) is 14.4 Å². The van der Waals surface area contributed by atoms with E-state index in [0.29, 0.717) is 22.5 Å². The highest BCUT2D eigenvalue weighted by atomic mass is 35.5. The lowest BCUT2D eigenvalue weighted by atomic mass is 9.82. The highest BCUT2D eigenvalue weighted by molar-refractivity contribution is 6.29. The molecule has 174 valence electrons. The van der Waals surface area contributed by atoms with Crippen LogP contribution >= 0.6 is 11.6 Å². The number of H-pyrrole nitrogens is 1. The molecule has 9 nitrogen and oxygen atoms in total. The van der Waals surface area contributed by atoms with Gasteiger partial charge in [-0.15, -0.1) is 0 Å². The summed E-state index contributed by atoms with van der Waals surface area (Å²) in [6.07, 6.45) is -0.208. The Bertz CT molecular complexity index is 968. The summed E-state index contributed by atoms with van der Waals surface area (Å²) in [7, 11) is 0. The third kappa shape index (κ3) is 7.30. The molecule has 1 aromatic carbocycles. The number of amides is 3. The van der Waals surface area contributed by atoms with E-state index >= 15 is 0 Å². The van der Waals surface area contributed by atoms with Crippen molar-refractivity contribution >= 4 is 46.1 Å². The third-order valence-electron chi connectivity index (χ3n) is 4.59. The first kappa shape index (κ1) is 25.3. The molecule has 11 heteroatoms. The molecule has 2 rings (SSSR count). The molecule has 1 unspecified atom stereocenters. The Morgan fingerprint density at radius 3 is 2.47 bits per heavy atom. The summed E-state index contributed by atoms with van der Waals surface area (Å²) in [4.78, 5) is 56.1. The number of hydrazine groups is 1. The maximum atomic E-state index is 13.4. The first-order valence-electron chi connectivity index (χ1n) is 10.0. The minimum Gasteiger partial charge on any atom is -0.370 e. The van der Waals surface area contributed by atoms with Gasteiger partial charge in [0.05, 0.1) is 17.6 Å². The number of ketones is 1. The fraction of sp³-hybridized carbons (Fsp3) is 0.476. The van der Waals surface area contributed by atoms with Crippen molar-refractivity contribution in [2.45, 2.75) is 45.7 Å². The maximum absolute atomic E-state index is 13.4. The van der Waals surface area contributed by atoms with Crippen LogP contribution in [0.5, 0.6) is 0 Å². The molecule has 2 aromatic rings. The van der Waals surface area contributed by atoms with Crippen LogP contribution in [0.15, 0.2) is 24.3 Å². The van der Waals surface area contributed by atoms with Gasteiger partial charge >= 0.3 is 0 Å². The number of primary amides is 1. The molecule has 0 aliphatic heterocycles. The van der Waals surface area contributed by atoms with E-state index in [0.717, 1.165) is 0 Å². The summed E-state index contributed by atoms with van der Waals surface area (Å²) in [6, 6.07) is 7.13. The first-order valence-corrected chi connectivity index (χ1v) is 10.5. The van der Waals surface area contributed by atoms with Gasteiger partial charge in [-0.25, -0.2) is 14.4 Å². The first-order chi connectivity index (χ1) is 14.9. The van der Waals surface area contributed by atoms with E-state index < -0.39 is 29.3 Å². The standard InChI is InChI=1S/C21H27ClFN5O4/c1-21(2,3)11-12(10-15(29)18-25-13-6-4-5-7-14(13)26-18)19(31)27-28(9-8-16(24)30)20(32)17(22)23/h4-7,12,17H,8-11H2,1-3H3,(H2,24,30)(H,25,26)(H,27,31)/t12-,17?/m0/s1. The molecule has 0 saturated carbocycles. The van der Waals surface area contributed by atoms with Gasteiger partial charge in [-0.05, 0) is 24.0 Å². The number of rotatable bonds is 9. The molecule has 3 amide bonds. The minimum absolute atomic E-state index is 0.115. The second-order valence-corrected chi connectivity index (χ2v) is 9.06.